The first-order valence-corrected chi connectivity index (χ1v) is 11.4. The van der Waals surface area contributed by atoms with Crippen LogP contribution in [-0.4, -0.2) is 66.2 Å². The van der Waals surface area contributed by atoms with Gasteiger partial charge < -0.3 is 24.6 Å². The maximum atomic E-state index is 13.2. The Hall–Kier alpha value is -2.94. The first-order chi connectivity index (χ1) is 15.4. The van der Waals surface area contributed by atoms with Crippen LogP contribution in [0, 0.1) is 5.82 Å². The normalized spacial score (nSPS) is 17.3. The Morgan fingerprint density at radius 3 is 2.22 bits per heavy atom. The third-order valence-electron chi connectivity index (χ3n) is 5.95. The Bertz CT molecular complexity index is 971. The van der Waals surface area contributed by atoms with Gasteiger partial charge in [-0.3, -0.25) is 4.79 Å². The summed E-state index contributed by atoms with van der Waals surface area (Å²) in [6, 6.07) is 10.7. The SMILES string of the molecule is COc1cc(NC(=O)N2CCC3(CC2)SCCN3C(=O)c2ccc(F)cc2)cc(OC)c1. The van der Waals surface area contributed by atoms with Gasteiger partial charge in [-0.25, -0.2) is 9.18 Å². The molecule has 3 amide bonds. The largest absolute Gasteiger partial charge is 0.497 e. The molecule has 2 fully saturated rings. The Balaban J connectivity index is 1.41. The smallest absolute Gasteiger partial charge is 0.321 e. The third kappa shape index (κ3) is 4.48. The van der Waals surface area contributed by atoms with Crippen LogP contribution in [-0.2, 0) is 0 Å². The number of methoxy groups -OCH3 is 2. The molecule has 1 N–H and O–H groups in total. The summed E-state index contributed by atoms with van der Waals surface area (Å²) in [5.74, 6) is 1.59. The summed E-state index contributed by atoms with van der Waals surface area (Å²) in [5, 5.41) is 2.91. The summed E-state index contributed by atoms with van der Waals surface area (Å²) in [7, 11) is 3.12. The summed E-state index contributed by atoms with van der Waals surface area (Å²) in [6.45, 7) is 1.72. The lowest BCUT2D eigenvalue weighted by Crippen LogP contribution is -2.54. The van der Waals surface area contributed by atoms with Crippen LogP contribution in [0.4, 0.5) is 14.9 Å². The molecule has 0 saturated carbocycles. The van der Waals surface area contributed by atoms with Gasteiger partial charge in [0.05, 0.1) is 19.1 Å². The highest BCUT2D eigenvalue weighted by atomic mass is 32.2. The molecule has 2 aliphatic heterocycles. The average Bonchev–Trinajstić information content (AvgIpc) is 3.21. The van der Waals surface area contributed by atoms with Gasteiger partial charge >= 0.3 is 6.03 Å². The predicted molar refractivity (Wildman–Crippen MR) is 122 cm³/mol. The Labute approximate surface area is 190 Å². The minimum Gasteiger partial charge on any atom is -0.497 e. The number of hydrogen-bond donors (Lipinski definition) is 1. The summed E-state index contributed by atoms with van der Waals surface area (Å²) >= 11 is 1.77. The van der Waals surface area contributed by atoms with E-state index in [0.717, 1.165) is 5.75 Å². The Morgan fingerprint density at radius 1 is 1.00 bits per heavy atom. The molecule has 2 saturated heterocycles. The highest BCUT2D eigenvalue weighted by Crippen LogP contribution is 2.44. The number of amides is 3. The van der Waals surface area contributed by atoms with Crippen molar-refractivity contribution in [2.45, 2.75) is 17.7 Å². The van der Waals surface area contributed by atoms with Gasteiger partial charge in [0.2, 0.25) is 0 Å². The van der Waals surface area contributed by atoms with Crippen molar-refractivity contribution in [3.63, 3.8) is 0 Å². The van der Waals surface area contributed by atoms with E-state index in [9.17, 15) is 14.0 Å². The van der Waals surface area contributed by atoms with Crippen molar-refractivity contribution in [1.29, 1.82) is 0 Å². The van der Waals surface area contributed by atoms with Crippen molar-refractivity contribution in [2.75, 3.05) is 44.9 Å². The molecule has 4 rings (SSSR count). The van der Waals surface area contributed by atoms with Crippen LogP contribution in [0.15, 0.2) is 42.5 Å². The van der Waals surface area contributed by atoms with Crippen molar-refractivity contribution in [2.24, 2.45) is 0 Å². The zero-order valence-electron chi connectivity index (χ0n) is 18.1. The van der Waals surface area contributed by atoms with Crippen LogP contribution in [0.1, 0.15) is 23.2 Å². The number of anilines is 1. The lowest BCUT2D eigenvalue weighted by Gasteiger charge is -2.44. The molecule has 32 heavy (non-hydrogen) atoms. The second-order valence-corrected chi connectivity index (χ2v) is 9.23. The van der Waals surface area contributed by atoms with Crippen LogP contribution >= 0.6 is 11.8 Å². The van der Waals surface area contributed by atoms with Gasteiger partial charge in [0.1, 0.15) is 17.3 Å². The highest BCUT2D eigenvalue weighted by Gasteiger charge is 2.47. The van der Waals surface area contributed by atoms with Gasteiger partial charge in [0, 0.05) is 54.8 Å². The van der Waals surface area contributed by atoms with Gasteiger partial charge in [-0.2, -0.15) is 0 Å². The molecule has 9 heteroatoms. The van der Waals surface area contributed by atoms with E-state index >= 15 is 0 Å². The zero-order valence-corrected chi connectivity index (χ0v) is 18.9. The van der Waals surface area contributed by atoms with Crippen LogP contribution < -0.4 is 14.8 Å². The minimum atomic E-state index is -0.361. The maximum absolute atomic E-state index is 13.2. The van der Waals surface area contributed by atoms with E-state index in [1.54, 1.807) is 49.1 Å². The molecule has 1 spiro atoms. The molecule has 170 valence electrons. The van der Waals surface area contributed by atoms with Crippen LogP contribution in [0.5, 0.6) is 11.5 Å². The number of thioether (sulfide) groups is 1. The molecule has 0 aliphatic carbocycles. The molecule has 2 aliphatic rings. The summed E-state index contributed by atoms with van der Waals surface area (Å²) in [6.07, 6.45) is 1.36. The molecule has 0 unspecified atom stereocenters. The van der Waals surface area contributed by atoms with E-state index in [4.69, 9.17) is 9.47 Å². The second kappa shape index (κ2) is 9.28. The molecule has 2 aromatic rings. The number of rotatable bonds is 4. The van der Waals surface area contributed by atoms with E-state index in [2.05, 4.69) is 5.32 Å². The van der Waals surface area contributed by atoms with Gasteiger partial charge in [-0.15, -0.1) is 11.8 Å². The number of likely N-dealkylation sites (tertiary alicyclic amines) is 1. The Kier molecular flexibility index (Phi) is 6.45. The van der Waals surface area contributed by atoms with Crippen LogP contribution in [0.25, 0.3) is 0 Å². The van der Waals surface area contributed by atoms with E-state index < -0.39 is 0 Å². The number of hydrogen-bond acceptors (Lipinski definition) is 5. The Morgan fingerprint density at radius 2 is 1.62 bits per heavy atom. The number of piperidine rings is 1. The molecule has 0 aromatic heterocycles. The fourth-order valence-electron chi connectivity index (χ4n) is 4.20. The molecule has 2 heterocycles. The summed E-state index contributed by atoms with van der Waals surface area (Å²) in [4.78, 5) is 29.3. The first-order valence-electron chi connectivity index (χ1n) is 10.4. The lowest BCUT2D eigenvalue weighted by molar-refractivity contribution is 0.0585. The number of ether oxygens (including phenoxy) is 2. The second-order valence-electron chi connectivity index (χ2n) is 7.78. The molecule has 0 bridgehead atoms. The number of nitrogens with one attached hydrogen (secondary N) is 1. The molecule has 2 aromatic carbocycles. The minimum absolute atomic E-state index is 0.0867. The fraction of sp³-hybridized carbons (Fsp3) is 0.391. The third-order valence-corrected chi connectivity index (χ3v) is 7.50. The van der Waals surface area contributed by atoms with Gasteiger partial charge in [0.25, 0.3) is 5.91 Å². The van der Waals surface area contributed by atoms with Crippen LogP contribution in [0.3, 0.4) is 0 Å². The van der Waals surface area contributed by atoms with E-state index in [0.29, 0.717) is 55.2 Å². The number of nitrogens with zero attached hydrogens (tertiary/aromatic N) is 2. The zero-order chi connectivity index (χ0) is 22.7. The number of carbonyl (C=O) groups excluding carboxylic acids is 2. The summed E-state index contributed by atoms with van der Waals surface area (Å²) in [5.41, 5.74) is 1.08. The number of carbonyl (C=O) groups is 2. The molecular formula is C23H26FN3O4S. The van der Waals surface area contributed by atoms with Crippen molar-refractivity contribution >= 4 is 29.4 Å². The van der Waals surface area contributed by atoms with Crippen LogP contribution in [0.2, 0.25) is 0 Å². The summed E-state index contributed by atoms with van der Waals surface area (Å²) < 4.78 is 23.8. The molecule has 0 atom stereocenters. The first kappa shape index (κ1) is 22.3. The molecular weight excluding hydrogens is 433 g/mol. The number of halogens is 1. The highest BCUT2D eigenvalue weighted by molar-refractivity contribution is 8.00. The van der Waals surface area contributed by atoms with Crippen molar-refractivity contribution in [3.8, 4) is 11.5 Å². The fourth-order valence-corrected chi connectivity index (χ4v) is 5.65. The van der Waals surface area contributed by atoms with Crippen molar-refractivity contribution < 1.29 is 23.5 Å². The predicted octanol–water partition coefficient (Wildman–Crippen LogP) is 4.06. The number of urea groups is 1. The molecule has 0 radical (unpaired) electrons. The standard InChI is InChI=1S/C23H26FN3O4S/c1-30-19-13-18(14-20(15-19)31-2)25-22(29)26-9-7-23(8-10-26)27(11-12-32-23)21(28)16-3-5-17(24)6-4-16/h3-6,13-15H,7-12H2,1-2H3,(H,25,29). The van der Waals surface area contributed by atoms with Crippen molar-refractivity contribution in [1.82, 2.24) is 9.80 Å². The monoisotopic (exact) mass is 459 g/mol. The maximum Gasteiger partial charge on any atom is 0.321 e. The van der Waals surface area contributed by atoms with Gasteiger partial charge in [0.15, 0.2) is 0 Å². The topological polar surface area (TPSA) is 71.1 Å². The van der Waals surface area contributed by atoms with Crippen molar-refractivity contribution in [3.05, 3.63) is 53.8 Å². The van der Waals surface area contributed by atoms with E-state index in [1.165, 1.54) is 24.3 Å². The van der Waals surface area contributed by atoms with Gasteiger partial charge in [-0.1, -0.05) is 0 Å². The van der Waals surface area contributed by atoms with Gasteiger partial charge in [-0.05, 0) is 37.1 Å². The van der Waals surface area contributed by atoms with E-state index in [1.807, 2.05) is 4.90 Å². The lowest BCUT2D eigenvalue weighted by atomic mass is 10.0. The quantitative estimate of drug-likeness (QED) is 0.747. The number of benzene rings is 2. The molecule has 7 nitrogen and oxygen atoms in total. The average molecular weight is 460 g/mol. The van der Waals surface area contributed by atoms with E-state index in [-0.39, 0.29) is 22.6 Å².